The van der Waals surface area contributed by atoms with E-state index in [1.54, 1.807) is 10.6 Å². The molecule has 0 unspecified atom stereocenters. The van der Waals surface area contributed by atoms with Crippen LogP contribution in [0.2, 0.25) is 10.2 Å². The first-order valence-electron chi connectivity index (χ1n) is 6.68. The van der Waals surface area contributed by atoms with E-state index in [9.17, 15) is 4.79 Å². The standard InChI is InChI=1S/C16H14Cl2N2O/c1-10(2)13-9-14-12(17)8-15(18)20(14)16(21)19(13)11-6-4-3-5-7-11/h3-10H,1-2H3. The zero-order valence-electron chi connectivity index (χ0n) is 11.7. The Morgan fingerprint density at radius 2 is 1.71 bits per heavy atom. The van der Waals surface area contributed by atoms with Crippen molar-refractivity contribution in [1.82, 2.24) is 8.97 Å². The van der Waals surface area contributed by atoms with Gasteiger partial charge in [0.05, 0.1) is 16.2 Å². The Kier molecular flexibility index (Phi) is 3.56. The first kappa shape index (κ1) is 14.2. The van der Waals surface area contributed by atoms with Gasteiger partial charge in [-0.15, -0.1) is 0 Å². The van der Waals surface area contributed by atoms with E-state index >= 15 is 0 Å². The molecule has 0 bridgehead atoms. The third-order valence-electron chi connectivity index (χ3n) is 3.48. The first-order valence-corrected chi connectivity index (χ1v) is 7.44. The van der Waals surface area contributed by atoms with E-state index in [0.717, 1.165) is 11.4 Å². The van der Waals surface area contributed by atoms with Gasteiger partial charge in [-0.1, -0.05) is 55.2 Å². The molecule has 2 heterocycles. The van der Waals surface area contributed by atoms with E-state index < -0.39 is 0 Å². The van der Waals surface area contributed by atoms with Crippen LogP contribution in [-0.4, -0.2) is 8.97 Å². The maximum Gasteiger partial charge on any atom is 0.338 e. The van der Waals surface area contributed by atoms with Crippen LogP contribution >= 0.6 is 23.2 Å². The smallest absolute Gasteiger partial charge is 0.266 e. The molecule has 0 saturated carbocycles. The lowest BCUT2D eigenvalue weighted by Crippen LogP contribution is -2.28. The summed E-state index contributed by atoms with van der Waals surface area (Å²) in [6.07, 6.45) is 0. The van der Waals surface area contributed by atoms with Crippen molar-refractivity contribution in [3.63, 3.8) is 0 Å². The monoisotopic (exact) mass is 320 g/mol. The molecular weight excluding hydrogens is 307 g/mol. The number of halogens is 2. The highest BCUT2D eigenvalue weighted by molar-refractivity contribution is 6.37. The molecule has 3 nitrogen and oxygen atoms in total. The Balaban J connectivity index is 2.48. The van der Waals surface area contributed by atoms with Gasteiger partial charge < -0.3 is 0 Å². The van der Waals surface area contributed by atoms with Gasteiger partial charge in [0.2, 0.25) is 0 Å². The minimum absolute atomic E-state index is 0.174. The second kappa shape index (κ2) is 5.24. The zero-order chi connectivity index (χ0) is 15.1. The molecule has 5 heteroatoms. The van der Waals surface area contributed by atoms with E-state index in [4.69, 9.17) is 23.2 Å². The lowest BCUT2D eigenvalue weighted by atomic mass is 10.1. The first-order chi connectivity index (χ1) is 10.0. The van der Waals surface area contributed by atoms with Crippen LogP contribution in [0.25, 0.3) is 11.2 Å². The average Bonchev–Trinajstić information content (AvgIpc) is 2.74. The van der Waals surface area contributed by atoms with E-state index in [0.29, 0.717) is 15.7 Å². The molecule has 0 aliphatic rings. The van der Waals surface area contributed by atoms with Crippen molar-refractivity contribution >= 4 is 28.7 Å². The number of nitrogens with zero attached hydrogens (tertiary/aromatic N) is 2. The van der Waals surface area contributed by atoms with Crippen molar-refractivity contribution in [3.8, 4) is 5.69 Å². The van der Waals surface area contributed by atoms with Crippen molar-refractivity contribution < 1.29 is 0 Å². The molecule has 0 saturated heterocycles. The van der Waals surface area contributed by atoms with Gasteiger partial charge >= 0.3 is 5.69 Å². The fourth-order valence-electron chi connectivity index (χ4n) is 2.47. The van der Waals surface area contributed by atoms with Gasteiger partial charge in [-0.25, -0.2) is 4.79 Å². The molecule has 0 spiro atoms. The largest absolute Gasteiger partial charge is 0.338 e. The van der Waals surface area contributed by atoms with E-state index in [2.05, 4.69) is 0 Å². The van der Waals surface area contributed by atoms with Crippen molar-refractivity contribution in [2.75, 3.05) is 0 Å². The second-order valence-corrected chi connectivity index (χ2v) is 6.01. The molecule has 0 fully saturated rings. The van der Waals surface area contributed by atoms with Gasteiger partial charge in [0.1, 0.15) is 5.15 Å². The number of rotatable bonds is 2. The molecule has 21 heavy (non-hydrogen) atoms. The molecule has 3 aromatic rings. The number of para-hydroxylation sites is 1. The number of hydrogen-bond donors (Lipinski definition) is 0. The second-order valence-electron chi connectivity index (χ2n) is 5.21. The van der Waals surface area contributed by atoms with Gasteiger partial charge in [0, 0.05) is 5.69 Å². The zero-order valence-corrected chi connectivity index (χ0v) is 13.2. The molecule has 0 atom stereocenters. The summed E-state index contributed by atoms with van der Waals surface area (Å²) in [5, 5.41) is 0.805. The predicted molar refractivity (Wildman–Crippen MR) is 87.1 cm³/mol. The van der Waals surface area contributed by atoms with Crippen molar-refractivity contribution in [3.05, 3.63) is 68.8 Å². The summed E-state index contributed by atoms with van der Waals surface area (Å²) in [5.74, 6) is 0.174. The summed E-state index contributed by atoms with van der Waals surface area (Å²) in [7, 11) is 0. The fourth-order valence-corrected chi connectivity index (χ4v) is 3.04. The predicted octanol–water partition coefficient (Wildman–Crippen LogP) is 4.52. The summed E-state index contributed by atoms with van der Waals surface area (Å²) in [5.41, 5.74) is 2.14. The third kappa shape index (κ3) is 2.27. The normalized spacial score (nSPS) is 11.5. The minimum atomic E-state index is -0.209. The topological polar surface area (TPSA) is 26.4 Å². The van der Waals surface area contributed by atoms with Crippen LogP contribution in [0.3, 0.4) is 0 Å². The molecule has 0 radical (unpaired) electrons. The van der Waals surface area contributed by atoms with Gasteiger partial charge in [-0.2, -0.15) is 0 Å². The van der Waals surface area contributed by atoms with Crippen LogP contribution < -0.4 is 5.69 Å². The molecular formula is C16H14Cl2N2O. The van der Waals surface area contributed by atoms with E-state index in [-0.39, 0.29) is 11.6 Å². The van der Waals surface area contributed by atoms with Gasteiger partial charge in [0.15, 0.2) is 0 Å². The minimum Gasteiger partial charge on any atom is -0.266 e. The SMILES string of the molecule is CC(C)c1cc2c(Cl)cc(Cl)n2c(=O)n1-c1ccccc1. The molecule has 1 aromatic carbocycles. The Morgan fingerprint density at radius 1 is 1.05 bits per heavy atom. The third-order valence-corrected chi connectivity index (χ3v) is 4.06. The fraction of sp³-hybridized carbons (Fsp3) is 0.188. The van der Waals surface area contributed by atoms with Crippen molar-refractivity contribution in [1.29, 1.82) is 0 Å². The van der Waals surface area contributed by atoms with Crippen LogP contribution in [0.5, 0.6) is 0 Å². The lowest BCUT2D eigenvalue weighted by Gasteiger charge is -2.16. The molecule has 3 rings (SSSR count). The Morgan fingerprint density at radius 3 is 2.33 bits per heavy atom. The van der Waals surface area contributed by atoms with Crippen LogP contribution in [-0.2, 0) is 0 Å². The maximum atomic E-state index is 12.9. The maximum absolute atomic E-state index is 12.9. The van der Waals surface area contributed by atoms with Gasteiger partial charge in [-0.05, 0) is 30.2 Å². The Labute approximate surface area is 132 Å². The molecule has 0 amide bonds. The summed E-state index contributed by atoms with van der Waals surface area (Å²) in [6, 6.07) is 13.0. The van der Waals surface area contributed by atoms with Crippen LogP contribution in [0.15, 0.2) is 47.3 Å². The molecule has 0 aliphatic heterocycles. The van der Waals surface area contributed by atoms with Crippen LogP contribution in [0.1, 0.15) is 25.5 Å². The highest BCUT2D eigenvalue weighted by atomic mass is 35.5. The number of aromatic nitrogens is 2. The Bertz CT molecular complexity index is 863. The summed E-state index contributed by atoms with van der Waals surface area (Å²) in [4.78, 5) is 12.9. The van der Waals surface area contributed by atoms with Gasteiger partial charge in [0.25, 0.3) is 0 Å². The number of benzene rings is 1. The summed E-state index contributed by atoms with van der Waals surface area (Å²) >= 11 is 12.3. The van der Waals surface area contributed by atoms with Crippen molar-refractivity contribution in [2.24, 2.45) is 0 Å². The summed E-state index contributed by atoms with van der Waals surface area (Å²) < 4.78 is 3.11. The highest BCUT2D eigenvalue weighted by Crippen LogP contribution is 2.27. The molecule has 0 N–H and O–H groups in total. The van der Waals surface area contributed by atoms with Crippen LogP contribution in [0, 0.1) is 0 Å². The summed E-state index contributed by atoms with van der Waals surface area (Å²) in [6.45, 7) is 4.09. The van der Waals surface area contributed by atoms with E-state index in [1.807, 2.05) is 50.2 Å². The average molecular weight is 321 g/mol. The van der Waals surface area contributed by atoms with Crippen LogP contribution in [0.4, 0.5) is 0 Å². The Hall–Kier alpha value is -1.71. The molecule has 2 aromatic heterocycles. The molecule has 0 aliphatic carbocycles. The number of fused-ring (bicyclic) bond motifs is 1. The quantitative estimate of drug-likeness (QED) is 0.681. The number of hydrogen-bond acceptors (Lipinski definition) is 1. The molecule has 108 valence electrons. The highest BCUT2D eigenvalue weighted by Gasteiger charge is 2.17. The van der Waals surface area contributed by atoms with Crippen molar-refractivity contribution in [2.45, 2.75) is 19.8 Å². The lowest BCUT2D eigenvalue weighted by molar-refractivity contribution is 0.733. The van der Waals surface area contributed by atoms with E-state index in [1.165, 1.54) is 4.40 Å². The van der Waals surface area contributed by atoms with Gasteiger partial charge in [-0.3, -0.25) is 8.97 Å².